The molecule has 0 bridgehead atoms. The molecule has 2 aliphatic rings. The third kappa shape index (κ3) is 1.87. The number of ether oxygens (including phenoxy) is 2. The van der Waals surface area contributed by atoms with Crippen molar-refractivity contribution in [2.75, 3.05) is 6.79 Å². The van der Waals surface area contributed by atoms with E-state index in [9.17, 15) is 4.79 Å². The third-order valence-corrected chi connectivity index (χ3v) is 3.19. The second-order valence-electron chi connectivity index (χ2n) is 3.51. The molecule has 0 saturated carbocycles. The van der Waals surface area contributed by atoms with Crippen molar-refractivity contribution in [2.24, 2.45) is 0 Å². The minimum absolute atomic E-state index is 0.155. The number of hydrogen-bond donors (Lipinski definition) is 2. The molecule has 1 aromatic rings. The van der Waals surface area contributed by atoms with Gasteiger partial charge in [0.25, 0.3) is 5.91 Å². The van der Waals surface area contributed by atoms with Crippen LogP contribution in [-0.2, 0) is 4.79 Å². The zero-order valence-corrected chi connectivity index (χ0v) is 9.47. The van der Waals surface area contributed by atoms with Crippen LogP contribution in [0.25, 0.3) is 6.08 Å². The summed E-state index contributed by atoms with van der Waals surface area (Å²) in [6, 6.07) is 5.46. The molecule has 0 unspecified atom stereocenters. The van der Waals surface area contributed by atoms with Gasteiger partial charge in [-0.3, -0.25) is 10.2 Å². The molecule has 1 amide bonds. The predicted octanol–water partition coefficient (Wildman–Crippen LogP) is 1.55. The quantitative estimate of drug-likeness (QED) is 0.740. The van der Waals surface area contributed by atoms with Crippen molar-refractivity contribution in [1.29, 1.82) is 5.41 Å². The van der Waals surface area contributed by atoms with E-state index in [4.69, 9.17) is 14.9 Å². The number of rotatable bonds is 1. The number of amidine groups is 1. The Morgan fingerprint density at radius 2 is 2.18 bits per heavy atom. The number of nitrogens with one attached hydrogen (secondary N) is 2. The highest BCUT2D eigenvalue weighted by atomic mass is 32.2. The fourth-order valence-electron chi connectivity index (χ4n) is 1.60. The Kier molecular flexibility index (Phi) is 2.29. The van der Waals surface area contributed by atoms with Crippen LogP contribution in [0.3, 0.4) is 0 Å². The predicted molar refractivity (Wildman–Crippen MR) is 64.0 cm³/mol. The van der Waals surface area contributed by atoms with Crippen molar-refractivity contribution in [3.8, 4) is 11.5 Å². The molecule has 0 atom stereocenters. The van der Waals surface area contributed by atoms with Crippen LogP contribution in [0, 0.1) is 5.41 Å². The summed E-state index contributed by atoms with van der Waals surface area (Å²) >= 11 is 1.11. The summed E-state index contributed by atoms with van der Waals surface area (Å²) in [6.07, 6.45) is 1.73. The molecular formula is C11H8N2O3S. The lowest BCUT2D eigenvalue weighted by atomic mass is 10.2. The lowest BCUT2D eigenvalue weighted by Crippen LogP contribution is -2.18. The molecule has 86 valence electrons. The highest BCUT2D eigenvalue weighted by Crippen LogP contribution is 2.34. The zero-order chi connectivity index (χ0) is 11.8. The number of thioether (sulfide) groups is 1. The number of carbonyl (C=O) groups excluding carboxylic acids is 1. The van der Waals surface area contributed by atoms with E-state index in [1.165, 1.54) is 0 Å². The molecule has 3 rings (SSSR count). The van der Waals surface area contributed by atoms with E-state index in [0.29, 0.717) is 16.4 Å². The molecule has 2 heterocycles. The Hall–Kier alpha value is -1.95. The van der Waals surface area contributed by atoms with Crippen LogP contribution in [-0.4, -0.2) is 17.9 Å². The maximum absolute atomic E-state index is 11.4. The summed E-state index contributed by atoms with van der Waals surface area (Å²) in [4.78, 5) is 11.9. The van der Waals surface area contributed by atoms with Gasteiger partial charge in [-0.15, -0.1) is 0 Å². The molecule has 0 aliphatic carbocycles. The normalized spacial score (nSPS) is 19.9. The summed E-state index contributed by atoms with van der Waals surface area (Å²) in [7, 11) is 0. The highest BCUT2D eigenvalue weighted by Gasteiger charge is 2.22. The van der Waals surface area contributed by atoms with Gasteiger partial charge >= 0.3 is 0 Å². The van der Waals surface area contributed by atoms with Crippen LogP contribution in [0.2, 0.25) is 0 Å². The number of amides is 1. The summed E-state index contributed by atoms with van der Waals surface area (Å²) in [5, 5.41) is 9.92. The highest BCUT2D eigenvalue weighted by molar-refractivity contribution is 8.18. The zero-order valence-electron chi connectivity index (χ0n) is 8.65. The molecule has 17 heavy (non-hydrogen) atoms. The molecule has 1 fully saturated rings. The van der Waals surface area contributed by atoms with Gasteiger partial charge in [-0.1, -0.05) is 6.07 Å². The maximum Gasteiger partial charge on any atom is 0.264 e. The largest absolute Gasteiger partial charge is 0.454 e. The number of benzene rings is 1. The number of fused-ring (bicyclic) bond motifs is 1. The van der Waals surface area contributed by atoms with Gasteiger partial charge in [0.1, 0.15) is 0 Å². The van der Waals surface area contributed by atoms with E-state index in [1.807, 2.05) is 12.1 Å². The Bertz CT molecular complexity index is 554. The molecule has 2 N–H and O–H groups in total. The summed E-state index contributed by atoms with van der Waals surface area (Å²) < 4.78 is 10.5. The van der Waals surface area contributed by atoms with Crippen LogP contribution in [0.5, 0.6) is 11.5 Å². The molecule has 0 spiro atoms. The van der Waals surface area contributed by atoms with E-state index in [-0.39, 0.29) is 17.9 Å². The Labute approximate surface area is 101 Å². The Morgan fingerprint density at radius 1 is 1.35 bits per heavy atom. The van der Waals surface area contributed by atoms with E-state index < -0.39 is 0 Å². The maximum atomic E-state index is 11.4. The summed E-state index contributed by atoms with van der Waals surface area (Å²) in [5.74, 6) is 1.15. The third-order valence-electron chi connectivity index (χ3n) is 2.36. The van der Waals surface area contributed by atoms with Crippen LogP contribution in [0.15, 0.2) is 23.1 Å². The fourth-order valence-corrected chi connectivity index (χ4v) is 2.30. The van der Waals surface area contributed by atoms with Crippen molar-refractivity contribution in [1.82, 2.24) is 5.32 Å². The average molecular weight is 248 g/mol. The first kappa shape index (κ1) is 10.2. The first-order chi connectivity index (χ1) is 8.22. The van der Waals surface area contributed by atoms with Crippen LogP contribution in [0.1, 0.15) is 5.56 Å². The molecule has 0 aromatic heterocycles. The fraction of sp³-hybridized carbons (Fsp3) is 0.0909. The molecule has 5 nitrogen and oxygen atoms in total. The van der Waals surface area contributed by atoms with Crippen molar-refractivity contribution < 1.29 is 14.3 Å². The van der Waals surface area contributed by atoms with Crippen molar-refractivity contribution in [2.45, 2.75) is 0 Å². The van der Waals surface area contributed by atoms with Gasteiger partial charge in [0.05, 0.1) is 4.91 Å². The summed E-state index contributed by atoms with van der Waals surface area (Å²) in [5.41, 5.74) is 0.849. The SMILES string of the molecule is N=C1NC(=O)/C(=C/c2ccc3c(c2)OCO3)S1. The Balaban J connectivity index is 1.93. The van der Waals surface area contributed by atoms with Gasteiger partial charge in [0, 0.05) is 0 Å². The van der Waals surface area contributed by atoms with Crippen LogP contribution in [0.4, 0.5) is 0 Å². The van der Waals surface area contributed by atoms with Gasteiger partial charge in [0.15, 0.2) is 16.7 Å². The molecule has 1 saturated heterocycles. The summed E-state index contributed by atoms with van der Waals surface area (Å²) in [6.45, 7) is 0.231. The minimum atomic E-state index is -0.238. The van der Waals surface area contributed by atoms with Gasteiger partial charge in [-0.25, -0.2) is 0 Å². The van der Waals surface area contributed by atoms with E-state index in [0.717, 1.165) is 17.3 Å². The van der Waals surface area contributed by atoms with Crippen molar-refractivity contribution in [3.63, 3.8) is 0 Å². The van der Waals surface area contributed by atoms with E-state index in [1.54, 1.807) is 12.1 Å². The van der Waals surface area contributed by atoms with Gasteiger partial charge in [-0.05, 0) is 35.5 Å². The standard InChI is InChI=1S/C11H8N2O3S/c12-11-13-10(14)9(17-11)4-6-1-2-7-8(3-6)16-5-15-7/h1-4H,5H2,(H2,12,13,14)/b9-4-. The minimum Gasteiger partial charge on any atom is -0.454 e. The van der Waals surface area contributed by atoms with E-state index >= 15 is 0 Å². The number of carbonyl (C=O) groups is 1. The van der Waals surface area contributed by atoms with E-state index in [2.05, 4.69) is 5.32 Å². The smallest absolute Gasteiger partial charge is 0.264 e. The van der Waals surface area contributed by atoms with Gasteiger partial charge < -0.3 is 14.8 Å². The lowest BCUT2D eigenvalue weighted by molar-refractivity contribution is -0.115. The molecule has 6 heteroatoms. The average Bonchev–Trinajstić information content (AvgIpc) is 2.85. The topological polar surface area (TPSA) is 71.4 Å². The lowest BCUT2D eigenvalue weighted by Gasteiger charge is -1.98. The first-order valence-corrected chi connectivity index (χ1v) is 5.73. The van der Waals surface area contributed by atoms with Crippen LogP contribution < -0.4 is 14.8 Å². The second kappa shape index (κ2) is 3.81. The van der Waals surface area contributed by atoms with Gasteiger partial charge in [-0.2, -0.15) is 0 Å². The molecule has 1 aromatic carbocycles. The monoisotopic (exact) mass is 248 g/mol. The molecule has 2 aliphatic heterocycles. The van der Waals surface area contributed by atoms with Gasteiger partial charge in [0.2, 0.25) is 6.79 Å². The first-order valence-electron chi connectivity index (χ1n) is 4.91. The molecular weight excluding hydrogens is 240 g/mol. The van der Waals surface area contributed by atoms with Crippen LogP contribution >= 0.6 is 11.8 Å². The van der Waals surface area contributed by atoms with Crippen molar-refractivity contribution in [3.05, 3.63) is 28.7 Å². The molecule has 0 radical (unpaired) electrons. The second-order valence-corrected chi connectivity index (χ2v) is 4.56. The Morgan fingerprint density at radius 3 is 2.94 bits per heavy atom. The van der Waals surface area contributed by atoms with Crippen molar-refractivity contribution >= 4 is 28.9 Å². The number of hydrogen-bond acceptors (Lipinski definition) is 5.